The van der Waals surface area contributed by atoms with Crippen LogP contribution in [0.25, 0.3) is 11.1 Å². The molecule has 0 bridgehead atoms. The first kappa shape index (κ1) is 22.0. The van der Waals surface area contributed by atoms with Gasteiger partial charge in [-0.3, -0.25) is 9.78 Å². The van der Waals surface area contributed by atoms with Crippen molar-refractivity contribution >= 4 is 17.4 Å². The summed E-state index contributed by atoms with van der Waals surface area (Å²) in [6.07, 6.45) is -1.17. The quantitative estimate of drug-likeness (QED) is 0.378. The van der Waals surface area contributed by atoms with Gasteiger partial charge in [0.2, 0.25) is 0 Å². The molecule has 4 rings (SSSR count). The van der Waals surface area contributed by atoms with Crippen molar-refractivity contribution in [1.82, 2.24) is 9.97 Å². The van der Waals surface area contributed by atoms with Gasteiger partial charge in [0, 0.05) is 11.8 Å². The highest BCUT2D eigenvalue weighted by Crippen LogP contribution is 2.32. The maximum absolute atomic E-state index is 12.9. The van der Waals surface area contributed by atoms with Gasteiger partial charge in [-0.1, -0.05) is 36.4 Å². The Hall–Kier alpha value is -4.20. The molecule has 8 heteroatoms. The number of carbonyl (C=O) groups is 1. The third kappa shape index (κ3) is 5.54. The molecule has 0 saturated heterocycles. The van der Waals surface area contributed by atoms with Gasteiger partial charge in [0.15, 0.2) is 0 Å². The molecule has 0 aliphatic carbocycles. The minimum Gasteiger partial charge on any atom is -0.364 e. The molecule has 0 fully saturated rings. The van der Waals surface area contributed by atoms with Crippen molar-refractivity contribution in [3.8, 4) is 11.1 Å². The molecule has 0 radical (unpaired) electrons. The number of hydrogen-bond acceptors (Lipinski definition) is 4. The summed E-state index contributed by atoms with van der Waals surface area (Å²) in [6, 6.07) is 20.6. The van der Waals surface area contributed by atoms with Crippen LogP contribution in [-0.2, 0) is 12.7 Å². The first-order valence-electron chi connectivity index (χ1n) is 10.1. The summed E-state index contributed by atoms with van der Waals surface area (Å²) in [5, 5.41) is 5.94. The van der Waals surface area contributed by atoms with Gasteiger partial charge < -0.3 is 10.6 Å². The monoisotopic (exact) mass is 448 g/mol. The number of nitrogens with one attached hydrogen (secondary N) is 2. The Morgan fingerprint density at radius 1 is 0.848 bits per heavy atom. The van der Waals surface area contributed by atoms with Gasteiger partial charge in [-0.15, -0.1) is 0 Å². The molecule has 0 unspecified atom stereocenters. The van der Waals surface area contributed by atoms with E-state index in [9.17, 15) is 18.0 Å². The zero-order valence-electron chi connectivity index (χ0n) is 17.3. The fourth-order valence-corrected chi connectivity index (χ4v) is 3.23. The Bertz CT molecular complexity index is 1230. The summed E-state index contributed by atoms with van der Waals surface area (Å²) in [5.74, 6) is 0.241. The summed E-state index contributed by atoms with van der Waals surface area (Å²) in [6.45, 7) is 0.514. The van der Waals surface area contributed by atoms with Gasteiger partial charge in [-0.25, -0.2) is 4.98 Å². The minimum absolute atomic E-state index is 0.342. The zero-order chi connectivity index (χ0) is 23.3. The Morgan fingerprint density at radius 2 is 1.61 bits per heavy atom. The van der Waals surface area contributed by atoms with E-state index in [0.29, 0.717) is 34.7 Å². The number of pyridine rings is 2. The molecule has 166 valence electrons. The first-order valence-corrected chi connectivity index (χ1v) is 10.1. The van der Waals surface area contributed by atoms with E-state index in [2.05, 4.69) is 20.6 Å². The van der Waals surface area contributed by atoms with Crippen LogP contribution in [0, 0.1) is 0 Å². The normalized spacial score (nSPS) is 11.1. The lowest BCUT2D eigenvalue weighted by atomic mass is 9.98. The van der Waals surface area contributed by atoms with Gasteiger partial charge in [0.05, 0.1) is 29.7 Å². The van der Waals surface area contributed by atoms with Crippen molar-refractivity contribution in [2.24, 2.45) is 0 Å². The Morgan fingerprint density at radius 3 is 2.27 bits per heavy atom. The van der Waals surface area contributed by atoms with E-state index in [1.54, 1.807) is 42.6 Å². The smallest absolute Gasteiger partial charge is 0.364 e. The SMILES string of the molecule is O=C(Nc1ccc(NCc2ccccn2)nc1)c1ccccc1-c1ccc(C(F)(F)F)cc1. The molecule has 33 heavy (non-hydrogen) atoms. The van der Waals surface area contributed by atoms with E-state index in [1.807, 2.05) is 18.2 Å². The van der Waals surface area contributed by atoms with E-state index in [-0.39, 0.29) is 5.91 Å². The number of halogens is 3. The number of aromatic nitrogens is 2. The lowest BCUT2D eigenvalue weighted by Crippen LogP contribution is -2.13. The van der Waals surface area contributed by atoms with Crippen molar-refractivity contribution in [3.05, 3.63) is 108 Å². The lowest BCUT2D eigenvalue weighted by Gasteiger charge is -2.12. The number of hydrogen-bond donors (Lipinski definition) is 2. The number of rotatable bonds is 6. The summed E-state index contributed by atoms with van der Waals surface area (Å²) in [5.41, 5.74) is 2.01. The predicted octanol–water partition coefficient (Wildman–Crippen LogP) is 6.03. The van der Waals surface area contributed by atoms with Gasteiger partial charge in [-0.05, 0) is 53.6 Å². The van der Waals surface area contributed by atoms with Crippen LogP contribution in [0.2, 0.25) is 0 Å². The molecular weight excluding hydrogens is 429 g/mol. The van der Waals surface area contributed by atoms with Crippen LogP contribution in [0.15, 0.2) is 91.3 Å². The summed E-state index contributed by atoms with van der Waals surface area (Å²) in [4.78, 5) is 21.4. The summed E-state index contributed by atoms with van der Waals surface area (Å²) in [7, 11) is 0. The average Bonchev–Trinajstić information content (AvgIpc) is 2.84. The van der Waals surface area contributed by atoms with Crippen LogP contribution in [0.5, 0.6) is 0 Å². The molecule has 5 nitrogen and oxygen atoms in total. The highest BCUT2D eigenvalue weighted by molar-refractivity contribution is 6.08. The van der Waals surface area contributed by atoms with Crippen LogP contribution >= 0.6 is 0 Å². The molecule has 0 aliphatic heterocycles. The molecule has 0 atom stereocenters. The molecular formula is C25H19F3N4O. The third-order valence-corrected chi connectivity index (χ3v) is 4.89. The van der Waals surface area contributed by atoms with Crippen LogP contribution < -0.4 is 10.6 Å². The van der Waals surface area contributed by atoms with Crippen molar-refractivity contribution in [3.63, 3.8) is 0 Å². The summed E-state index contributed by atoms with van der Waals surface area (Å²) < 4.78 is 38.6. The van der Waals surface area contributed by atoms with Crippen molar-refractivity contribution in [1.29, 1.82) is 0 Å². The molecule has 4 aromatic rings. The van der Waals surface area contributed by atoms with Crippen LogP contribution in [0.3, 0.4) is 0 Å². The van der Waals surface area contributed by atoms with E-state index in [4.69, 9.17) is 0 Å². The Balaban J connectivity index is 1.46. The van der Waals surface area contributed by atoms with Crippen LogP contribution in [-0.4, -0.2) is 15.9 Å². The van der Waals surface area contributed by atoms with E-state index in [0.717, 1.165) is 17.8 Å². The minimum atomic E-state index is -4.42. The highest BCUT2D eigenvalue weighted by atomic mass is 19.4. The second kappa shape index (κ2) is 9.52. The molecule has 2 N–H and O–H groups in total. The molecule has 0 spiro atoms. The maximum atomic E-state index is 12.9. The van der Waals surface area contributed by atoms with Crippen molar-refractivity contribution < 1.29 is 18.0 Å². The van der Waals surface area contributed by atoms with Crippen LogP contribution in [0.1, 0.15) is 21.6 Å². The van der Waals surface area contributed by atoms with E-state index in [1.165, 1.54) is 18.3 Å². The van der Waals surface area contributed by atoms with E-state index < -0.39 is 11.7 Å². The first-order chi connectivity index (χ1) is 15.9. The number of carbonyl (C=O) groups excluding carboxylic acids is 1. The molecule has 0 saturated carbocycles. The molecule has 2 aromatic carbocycles. The fourth-order valence-electron chi connectivity index (χ4n) is 3.23. The van der Waals surface area contributed by atoms with Gasteiger partial charge in [-0.2, -0.15) is 13.2 Å². The predicted molar refractivity (Wildman–Crippen MR) is 121 cm³/mol. The fraction of sp³-hybridized carbons (Fsp3) is 0.0800. The van der Waals surface area contributed by atoms with Gasteiger partial charge in [0.25, 0.3) is 5.91 Å². The average molecular weight is 448 g/mol. The maximum Gasteiger partial charge on any atom is 0.416 e. The number of amides is 1. The molecule has 2 aromatic heterocycles. The second-order valence-corrected chi connectivity index (χ2v) is 7.18. The standard InChI is InChI=1S/C25H19F3N4O/c26-25(27,28)18-10-8-17(9-11-18)21-6-1-2-7-22(21)24(33)32-20-12-13-23(31-16-20)30-15-19-5-3-4-14-29-19/h1-14,16H,15H2,(H,30,31)(H,32,33). The summed E-state index contributed by atoms with van der Waals surface area (Å²) >= 11 is 0. The van der Waals surface area contributed by atoms with Gasteiger partial charge >= 0.3 is 6.18 Å². The molecule has 2 heterocycles. The van der Waals surface area contributed by atoms with Gasteiger partial charge in [0.1, 0.15) is 5.82 Å². The second-order valence-electron chi connectivity index (χ2n) is 7.18. The zero-order valence-corrected chi connectivity index (χ0v) is 17.3. The van der Waals surface area contributed by atoms with Crippen molar-refractivity contribution in [2.75, 3.05) is 10.6 Å². The lowest BCUT2D eigenvalue weighted by molar-refractivity contribution is -0.137. The Labute approximate surface area is 188 Å². The van der Waals surface area contributed by atoms with E-state index >= 15 is 0 Å². The number of anilines is 2. The number of alkyl halides is 3. The topological polar surface area (TPSA) is 66.9 Å². The number of benzene rings is 2. The molecule has 1 amide bonds. The number of nitrogens with zero attached hydrogens (tertiary/aromatic N) is 2. The van der Waals surface area contributed by atoms with Crippen LogP contribution in [0.4, 0.5) is 24.7 Å². The molecule has 0 aliphatic rings. The largest absolute Gasteiger partial charge is 0.416 e. The van der Waals surface area contributed by atoms with Crippen molar-refractivity contribution in [2.45, 2.75) is 12.7 Å². The highest BCUT2D eigenvalue weighted by Gasteiger charge is 2.30. The Kier molecular flexibility index (Phi) is 6.35. The third-order valence-electron chi connectivity index (χ3n) is 4.89.